The lowest BCUT2D eigenvalue weighted by Crippen LogP contribution is -2.65. The van der Waals surface area contributed by atoms with E-state index in [1.54, 1.807) is 27.5 Å². The summed E-state index contributed by atoms with van der Waals surface area (Å²) < 4.78 is 61.2. The quantitative estimate of drug-likeness (QED) is 0.0282. The number of hydrogen-bond acceptors (Lipinski definition) is 17. The molecule has 1 aromatic heterocycles. The van der Waals surface area contributed by atoms with Gasteiger partial charge in [0.2, 0.25) is 11.8 Å². The van der Waals surface area contributed by atoms with Gasteiger partial charge < -0.3 is 86.7 Å². The Morgan fingerprint density at radius 2 is 1.31 bits per heavy atom. The van der Waals surface area contributed by atoms with Gasteiger partial charge in [-0.25, -0.2) is 4.68 Å². The number of carbonyl (C=O) groups excluding carboxylic acids is 2. The number of methoxy groups -OCH3 is 7. The summed E-state index contributed by atoms with van der Waals surface area (Å²) in [6.07, 6.45) is -4.28. The van der Waals surface area contributed by atoms with Crippen LogP contribution >= 0.6 is 0 Å². The van der Waals surface area contributed by atoms with Crippen molar-refractivity contribution in [3.05, 3.63) is 11.9 Å². The summed E-state index contributed by atoms with van der Waals surface area (Å²) in [5.74, 6) is -1.14. The maximum absolute atomic E-state index is 13.4. The van der Waals surface area contributed by atoms with Gasteiger partial charge in [0.1, 0.15) is 60.6 Å². The Bertz CT molecular complexity index is 1430. The molecular weight excluding hydrogens is 768 g/mol. The number of hydrogen-bond donors (Lipinski definition) is 7. The highest BCUT2D eigenvalue weighted by Crippen LogP contribution is 2.36. The second-order valence-electron chi connectivity index (χ2n) is 13.6. The van der Waals surface area contributed by atoms with E-state index in [9.17, 15) is 9.59 Å². The summed E-state index contributed by atoms with van der Waals surface area (Å²) in [5.41, 5.74) is 28.1. The zero-order valence-corrected chi connectivity index (χ0v) is 34.4. The smallest absolute Gasteiger partial charge is 0.242 e. The van der Waals surface area contributed by atoms with Gasteiger partial charge in [0.05, 0.1) is 32.0 Å². The molecule has 1 aromatic rings. The zero-order chi connectivity index (χ0) is 42.8. The number of aromatic nitrogens is 3. The number of carbonyl (C=O) groups is 2. The number of guanidine groups is 2. The van der Waals surface area contributed by atoms with Crippen LogP contribution in [0.3, 0.4) is 0 Å². The summed E-state index contributed by atoms with van der Waals surface area (Å²) in [4.78, 5) is 34.2. The highest BCUT2D eigenvalue weighted by molar-refractivity contribution is 5.89. The lowest BCUT2D eigenvalue weighted by atomic mass is 9.95. The molecule has 0 aliphatic carbocycles. The van der Waals surface area contributed by atoms with Crippen molar-refractivity contribution in [1.82, 2.24) is 25.6 Å². The van der Waals surface area contributed by atoms with E-state index in [0.29, 0.717) is 31.5 Å². The third-order valence-corrected chi connectivity index (χ3v) is 9.66. The van der Waals surface area contributed by atoms with Gasteiger partial charge in [-0.05, 0) is 25.7 Å². The molecule has 12 N–H and O–H groups in total. The van der Waals surface area contributed by atoms with Gasteiger partial charge in [-0.1, -0.05) is 5.21 Å². The Kier molecular flexibility index (Phi) is 20.9. The standard InChI is InChI=1S/C34H64N12O12/c1-49-16-21-23(51-3)25(52-4)28(55-7)32(57-21)58-24-22(17-50-2)56-31(27(54-6)26(24)53-5)46-15-18(44-45-46)14-42-30(48)20(11-9-13-41-34(38)39)43-29(47)19(35)10-8-12-40-33(36)37/h15,19-28,31-32H,8-14,16-17,35H2,1-7H3,(H,42,48)(H,43,47)(H4,36,37,40)(H4,38,39,41)/t19-,20-,21+,22+,23+,24+,25-,26-,27+,28+,31+,32-/m0/s1. The predicted octanol–water partition coefficient (Wildman–Crippen LogP) is -3.81. The highest BCUT2D eigenvalue weighted by Gasteiger charge is 2.53. The molecule has 12 atom stereocenters. The molecule has 24 heteroatoms. The van der Waals surface area contributed by atoms with Gasteiger partial charge in [-0.2, -0.15) is 0 Å². The largest absolute Gasteiger partial charge is 0.382 e. The van der Waals surface area contributed by atoms with Crippen LogP contribution in [0.1, 0.15) is 37.6 Å². The Morgan fingerprint density at radius 3 is 1.86 bits per heavy atom. The minimum Gasteiger partial charge on any atom is -0.382 e. The van der Waals surface area contributed by atoms with Gasteiger partial charge >= 0.3 is 0 Å². The first-order valence-corrected chi connectivity index (χ1v) is 18.8. The number of amides is 2. The molecule has 2 fully saturated rings. The van der Waals surface area contributed by atoms with E-state index in [2.05, 4.69) is 30.9 Å². The summed E-state index contributed by atoms with van der Waals surface area (Å²) in [5, 5.41) is 14.1. The number of nitrogens with zero attached hydrogens (tertiary/aromatic N) is 5. The number of aliphatic imine (C=N–C) groups is 2. The van der Waals surface area contributed by atoms with Crippen molar-refractivity contribution in [2.24, 2.45) is 38.7 Å². The van der Waals surface area contributed by atoms with Crippen molar-refractivity contribution >= 4 is 23.7 Å². The van der Waals surface area contributed by atoms with Crippen LogP contribution in [-0.4, -0.2) is 182 Å². The third kappa shape index (κ3) is 13.6. The van der Waals surface area contributed by atoms with Crippen molar-refractivity contribution in [2.45, 2.75) is 106 Å². The van der Waals surface area contributed by atoms with Crippen LogP contribution in [0.5, 0.6) is 0 Å². The molecule has 58 heavy (non-hydrogen) atoms. The van der Waals surface area contributed by atoms with E-state index >= 15 is 0 Å². The summed E-state index contributed by atoms with van der Waals surface area (Å²) in [6.45, 7) is 0.804. The monoisotopic (exact) mass is 832 g/mol. The molecule has 3 heterocycles. The van der Waals surface area contributed by atoms with Crippen LogP contribution < -0.4 is 39.3 Å². The average Bonchev–Trinajstić information content (AvgIpc) is 3.68. The zero-order valence-electron chi connectivity index (χ0n) is 34.4. The van der Waals surface area contributed by atoms with E-state index < -0.39 is 85.2 Å². The van der Waals surface area contributed by atoms with Crippen molar-refractivity contribution < 1.29 is 57.0 Å². The Labute approximate surface area is 338 Å². The molecule has 2 amide bonds. The van der Waals surface area contributed by atoms with E-state index in [-0.39, 0.29) is 44.6 Å². The third-order valence-electron chi connectivity index (χ3n) is 9.66. The molecule has 0 unspecified atom stereocenters. The fourth-order valence-electron chi connectivity index (χ4n) is 6.85. The SMILES string of the molecule is COC[C@H]1O[C@@H](n2cc(CNC(=O)[C@H](CCCN=C(N)N)NC(=O)[C@@H](N)CCCN=C(N)N)nn2)[C@H](OC)[C@@H](OC)[C@@H]1O[C@@H]1O[C@H](COC)[C@@H](OC)[C@H](OC)[C@H]1OC. The fraction of sp³-hybridized carbons (Fsp3) is 0.824. The number of ether oxygens (including phenoxy) is 10. The molecule has 2 aliphatic rings. The number of rotatable bonds is 25. The van der Waals surface area contributed by atoms with Crippen molar-refractivity contribution in [3.8, 4) is 0 Å². The molecule has 2 aliphatic heterocycles. The Hall–Kier alpha value is -3.82. The first-order valence-electron chi connectivity index (χ1n) is 18.8. The van der Waals surface area contributed by atoms with E-state index in [0.717, 1.165) is 0 Å². The summed E-state index contributed by atoms with van der Waals surface area (Å²) in [6, 6.07) is -1.85. The Morgan fingerprint density at radius 1 is 0.759 bits per heavy atom. The second-order valence-corrected chi connectivity index (χ2v) is 13.6. The van der Waals surface area contributed by atoms with E-state index in [1.165, 1.54) is 33.1 Å². The van der Waals surface area contributed by atoms with Gasteiger partial charge in [-0.3, -0.25) is 19.6 Å². The topological polar surface area (TPSA) is 336 Å². The first kappa shape index (κ1) is 48.5. The molecule has 2 saturated heterocycles. The minimum atomic E-state index is -0.963. The number of nitrogens with one attached hydrogen (secondary N) is 2. The first-order chi connectivity index (χ1) is 27.9. The Balaban J connectivity index is 1.76. The van der Waals surface area contributed by atoms with Crippen LogP contribution in [-0.2, 0) is 63.5 Å². The molecule has 0 spiro atoms. The lowest BCUT2D eigenvalue weighted by Gasteiger charge is -2.49. The second kappa shape index (κ2) is 25.0. The molecule has 332 valence electrons. The summed E-state index contributed by atoms with van der Waals surface area (Å²) in [7, 11) is 10.8. The van der Waals surface area contributed by atoms with Gasteiger partial charge in [0.25, 0.3) is 0 Å². The van der Waals surface area contributed by atoms with Gasteiger partial charge in [-0.15, -0.1) is 5.10 Å². The van der Waals surface area contributed by atoms with Gasteiger partial charge in [0, 0.05) is 62.9 Å². The molecule has 0 radical (unpaired) electrons. The van der Waals surface area contributed by atoms with Crippen LogP contribution in [0.4, 0.5) is 0 Å². The maximum atomic E-state index is 13.4. The van der Waals surface area contributed by atoms with Crippen LogP contribution in [0.2, 0.25) is 0 Å². The maximum Gasteiger partial charge on any atom is 0.242 e. The predicted molar refractivity (Wildman–Crippen MR) is 207 cm³/mol. The van der Waals surface area contributed by atoms with Crippen LogP contribution in [0.15, 0.2) is 16.2 Å². The van der Waals surface area contributed by atoms with Crippen molar-refractivity contribution in [1.29, 1.82) is 0 Å². The molecule has 3 rings (SSSR count). The van der Waals surface area contributed by atoms with Crippen molar-refractivity contribution in [2.75, 3.05) is 76.1 Å². The molecule has 0 aromatic carbocycles. The highest BCUT2D eigenvalue weighted by atomic mass is 16.7. The van der Waals surface area contributed by atoms with Crippen molar-refractivity contribution in [3.63, 3.8) is 0 Å². The molecule has 0 saturated carbocycles. The molecule has 0 bridgehead atoms. The lowest BCUT2D eigenvalue weighted by molar-refractivity contribution is -0.356. The van der Waals surface area contributed by atoms with E-state index in [1.807, 2.05) is 0 Å². The number of nitrogens with two attached hydrogens (primary N) is 5. The molecule has 24 nitrogen and oxygen atoms in total. The fourth-order valence-corrected chi connectivity index (χ4v) is 6.85. The molecular formula is C34H64N12O12. The normalized spacial score (nSPS) is 28.3. The average molecular weight is 833 g/mol. The van der Waals surface area contributed by atoms with E-state index in [4.69, 9.17) is 76.0 Å². The van der Waals surface area contributed by atoms with Crippen LogP contribution in [0, 0.1) is 0 Å². The van der Waals surface area contributed by atoms with Gasteiger partial charge in [0.15, 0.2) is 24.4 Å². The summed E-state index contributed by atoms with van der Waals surface area (Å²) >= 11 is 0. The minimum absolute atomic E-state index is 0.0435. The van der Waals surface area contributed by atoms with Crippen LogP contribution in [0.25, 0.3) is 0 Å².